The molecule has 0 aromatic heterocycles. The Hall–Kier alpha value is -1.63. The van der Waals surface area contributed by atoms with Crippen LogP contribution >= 0.6 is 11.6 Å². The molecule has 4 nitrogen and oxygen atoms in total. The first-order valence-corrected chi connectivity index (χ1v) is 8.07. The fourth-order valence-corrected chi connectivity index (χ4v) is 3.12. The van der Waals surface area contributed by atoms with Crippen molar-refractivity contribution < 1.29 is 17.9 Å². The van der Waals surface area contributed by atoms with Crippen molar-refractivity contribution in [1.82, 2.24) is 0 Å². The number of hydrogen-bond acceptors (Lipinski definition) is 3. The zero-order valence-corrected chi connectivity index (χ0v) is 12.5. The Morgan fingerprint density at radius 3 is 2.33 bits per heavy atom. The molecule has 0 fully saturated rings. The molecule has 2 aromatic carbocycles. The average Bonchev–Trinajstić information content (AvgIpc) is 2.44. The second kappa shape index (κ2) is 6.43. The van der Waals surface area contributed by atoms with Gasteiger partial charge in [-0.2, -0.15) is 0 Å². The van der Waals surface area contributed by atoms with E-state index in [1.165, 1.54) is 18.2 Å². The quantitative estimate of drug-likeness (QED) is 0.886. The van der Waals surface area contributed by atoms with Crippen LogP contribution < -0.4 is 4.72 Å². The average molecular weight is 330 g/mol. The van der Waals surface area contributed by atoms with Gasteiger partial charge in [-0.25, -0.2) is 12.8 Å². The Labute approximate surface area is 127 Å². The van der Waals surface area contributed by atoms with Gasteiger partial charge in [0.15, 0.2) is 5.82 Å². The lowest BCUT2D eigenvalue weighted by Crippen LogP contribution is -2.16. The van der Waals surface area contributed by atoms with Crippen LogP contribution in [0.4, 0.5) is 10.1 Å². The number of benzene rings is 2. The number of rotatable bonds is 5. The van der Waals surface area contributed by atoms with Crippen LogP contribution in [0.1, 0.15) is 11.1 Å². The summed E-state index contributed by atoms with van der Waals surface area (Å²) < 4.78 is 39.9. The Kier molecular flexibility index (Phi) is 4.82. The molecule has 0 saturated heterocycles. The van der Waals surface area contributed by atoms with Crippen molar-refractivity contribution in [1.29, 1.82) is 0 Å². The van der Waals surface area contributed by atoms with Crippen molar-refractivity contribution in [3.63, 3.8) is 0 Å². The summed E-state index contributed by atoms with van der Waals surface area (Å²) in [5, 5.41) is 8.78. The van der Waals surface area contributed by atoms with Gasteiger partial charge in [-0.05, 0) is 23.3 Å². The summed E-state index contributed by atoms with van der Waals surface area (Å²) in [5.74, 6) is -1.11. The number of halogens is 2. The zero-order chi connectivity index (χ0) is 15.5. The third kappa shape index (κ3) is 4.17. The maximum absolute atomic E-state index is 13.7. The highest BCUT2D eigenvalue weighted by molar-refractivity contribution is 7.91. The van der Waals surface area contributed by atoms with E-state index in [1.54, 1.807) is 24.3 Å². The van der Waals surface area contributed by atoms with Crippen LogP contribution in [0.5, 0.6) is 0 Å². The van der Waals surface area contributed by atoms with Crippen LogP contribution in [0.2, 0.25) is 5.02 Å². The third-order valence-electron chi connectivity index (χ3n) is 2.78. The number of sulfonamides is 1. The first-order valence-electron chi connectivity index (χ1n) is 6.04. The number of hydrogen-bond donors (Lipinski definition) is 2. The first kappa shape index (κ1) is 15.8. The van der Waals surface area contributed by atoms with E-state index in [0.717, 1.165) is 0 Å². The normalized spacial score (nSPS) is 11.4. The molecule has 7 heteroatoms. The van der Waals surface area contributed by atoms with E-state index in [9.17, 15) is 12.8 Å². The fraction of sp³-hybridized carbons (Fsp3) is 0.143. The first-order chi connectivity index (χ1) is 9.91. The van der Waals surface area contributed by atoms with E-state index in [2.05, 4.69) is 4.72 Å². The molecule has 0 spiro atoms. The van der Waals surface area contributed by atoms with Gasteiger partial charge in [0.05, 0.1) is 23.1 Å². The summed E-state index contributed by atoms with van der Waals surface area (Å²) >= 11 is 5.60. The van der Waals surface area contributed by atoms with Crippen molar-refractivity contribution in [2.24, 2.45) is 0 Å². The van der Waals surface area contributed by atoms with Gasteiger partial charge in [-0.3, -0.25) is 4.72 Å². The standard InChI is InChI=1S/C14H13ClFNO3S/c15-12-2-1-3-13(14(12)16)17-21(19,20)9-11-6-4-10(8-18)5-7-11/h1-7,17-18H,8-9H2. The second-order valence-corrected chi connectivity index (χ2v) is 6.57. The molecule has 0 radical (unpaired) electrons. The van der Waals surface area contributed by atoms with Gasteiger partial charge in [0.1, 0.15) is 0 Å². The Bertz CT molecular complexity index is 732. The molecular formula is C14H13ClFNO3S. The monoisotopic (exact) mass is 329 g/mol. The molecule has 0 aliphatic rings. The van der Waals surface area contributed by atoms with Gasteiger partial charge in [-0.1, -0.05) is 41.9 Å². The van der Waals surface area contributed by atoms with Crippen molar-refractivity contribution in [3.05, 3.63) is 64.4 Å². The number of aliphatic hydroxyl groups excluding tert-OH is 1. The van der Waals surface area contributed by atoms with E-state index in [4.69, 9.17) is 16.7 Å². The topological polar surface area (TPSA) is 66.4 Å². The van der Waals surface area contributed by atoms with E-state index in [1.807, 2.05) is 0 Å². The lowest BCUT2D eigenvalue weighted by atomic mass is 10.2. The van der Waals surface area contributed by atoms with Crippen LogP contribution in [0.25, 0.3) is 0 Å². The van der Waals surface area contributed by atoms with Crippen molar-refractivity contribution in [2.45, 2.75) is 12.4 Å². The molecule has 0 aliphatic carbocycles. The minimum Gasteiger partial charge on any atom is -0.392 e. The van der Waals surface area contributed by atoms with Crippen molar-refractivity contribution >= 4 is 27.3 Å². The van der Waals surface area contributed by atoms with Crippen LogP contribution in [0.15, 0.2) is 42.5 Å². The second-order valence-electron chi connectivity index (χ2n) is 4.44. The van der Waals surface area contributed by atoms with Crippen LogP contribution in [0.3, 0.4) is 0 Å². The molecule has 21 heavy (non-hydrogen) atoms. The van der Waals surface area contributed by atoms with E-state index >= 15 is 0 Å². The summed E-state index contributed by atoms with van der Waals surface area (Å²) in [6.45, 7) is -0.112. The lowest BCUT2D eigenvalue weighted by Gasteiger charge is -2.10. The van der Waals surface area contributed by atoms with Gasteiger partial charge in [0.25, 0.3) is 0 Å². The van der Waals surface area contributed by atoms with Crippen molar-refractivity contribution in [3.8, 4) is 0 Å². The minimum atomic E-state index is -3.76. The van der Waals surface area contributed by atoms with Gasteiger partial charge < -0.3 is 5.11 Å². The molecule has 112 valence electrons. The molecular weight excluding hydrogens is 317 g/mol. The van der Waals surface area contributed by atoms with Gasteiger partial charge >= 0.3 is 0 Å². The summed E-state index contributed by atoms with van der Waals surface area (Å²) in [7, 11) is -3.76. The molecule has 0 bridgehead atoms. The number of nitrogens with one attached hydrogen (secondary N) is 1. The summed E-state index contributed by atoms with van der Waals surface area (Å²) in [6.07, 6.45) is 0. The van der Waals surface area contributed by atoms with Gasteiger partial charge in [-0.15, -0.1) is 0 Å². The Morgan fingerprint density at radius 1 is 1.10 bits per heavy atom. The Balaban J connectivity index is 2.16. The predicted molar refractivity (Wildman–Crippen MR) is 80.0 cm³/mol. The lowest BCUT2D eigenvalue weighted by molar-refractivity contribution is 0.282. The maximum atomic E-state index is 13.7. The van der Waals surface area contributed by atoms with Crippen LogP contribution in [-0.2, 0) is 22.4 Å². The SMILES string of the molecule is O=S(=O)(Cc1ccc(CO)cc1)Nc1cccc(Cl)c1F. The molecule has 2 aromatic rings. The predicted octanol–water partition coefficient (Wildman–Crippen LogP) is 2.91. The Morgan fingerprint density at radius 2 is 1.71 bits per heavy atom. The number of aliphatic hydroxyl groups is 1. The maximum Gasteiger partial charge on any atom is 0.237 e. The highest BCUT2D eigenvalue weighted by Crippen LogP contribution is 2.23. The highest BCUT2D eigenvalue weighted by atomic mass is 35.5. The van der Waals surface area contributed by atoms with Crippen molar-refractivity contribution in [2.75, 3.05) is 4.72 Å². The van der Waals surface area contributed by atoms with E-state index in [0.29, 0.717) is 11.1 Å². The van der Waals surface area contributed by atoms with Gasteiger partial charge in [0.2, 0.25) is 10.0 Å². The summed E-state index contributed by atoms with van der Waals surface area (Å²) in [5.41, 5.74) is 1.03. The molecule has 2 rings (SSSR count). The molecule has 0 heterocycles. The van der Waals surface area contributed by atoms with Crippen LogP contribution in [-0.4, -0.2) is 13.5 Å². The number of anilines is 1. The molecule has 0 aliphatic heterocycles. The molecule has 2 N–H and O–H groups in total. The fourth-order valence-electron chi connectivity index (χ4n) is 1.75. The smallest absolute Gasteiger partial charge is 0.237 e. The van der Waals surface area contributed by atoms with Gasteiger partial charge in [0, 0.05) is 0 Å². The third-order valence-corrected chi connectivity index (χ3v) is 4.32. The summed E-state index contributed by atoms with van der Waals surface area (Å²) in [4.78, 5) is 0. The molecule has 0 unspecified atom stereocenters. The van der Waals surface area contributed by atoms with E-state index < -0.39 is 15.8 Å². The summed E-state index contributed by atoms with van der Waals surface area (Å²) in [6, 6.07) is 10.5. The minimum absolute atomic E-state index is 0.112. The zero-order valence-electron chi connectivity index (χ0n) is 10.9. The van der Waals surface area contributed by atoms with Crippen LogP contribution in [0, 0.1) is 5.82 Å². The highest BCUT2D eigenvalue weighted by Gasteiger charge is 2.15. The van der Waals surface area contributed by atoms with E-state index in [-0.39, 0.29) is 23.1 Å². The molecule has 0 saturated carbocycles. The largest absolute Gasteiger partial charge is 0.392 e. The molecule has 0 atom stereocenters. The molecule has 0 amide bonds.